The molecule has 2 N–H and O–H groups in total. The van der Waals surface area contributed by atoms with Crippen LogP contribution in [0.3, 0.4) is 0 Å². The number of hydrogen-bond donors (Lipinski definition) is 2. The molecule has 0 atom stereocenters. The van der Waals surface area contributed by atoms with Crippen LogP contribution in [0.4, 0.5) is 5.69 Å². The Bertz CT molecular complexity index is 1130. The van der Waals surface area contributed by atoms with Gasteiger partial charge in [0, 0.05) is 42.9 Å². The Hall–Kier alpha value is -2.74. The maximum Gasteiger partial charge on any atom is 0.253 e. The number of thiocarbonyl (C=S) groups is 1. The van der Waals surface area contributed by atoms with Crippen LogP contribution in [0.15, 0.2) is 59.4 Å². The van der Waals surface area contributed by atoms with E-state index in [2.05, 4.69) is 39.2 Å². The van der Waals surface area contributed by atoms with E-state index >= 15 is 0 Å². The van der Waals surface area contributed by atoms with E-state index in [0.29, 0.717) is 11.7 Å². The molecule has 1 saturated heterocycles. The third-order valence-electron chi connectivity index (χ3n) is 6.07. The van der Waals surface area contributed by atoms with Crippen molar-refractivity contribution in [2.24, 2.45) is 0 Å². The largest absolute Gasteiger partial charge is 0.379 e. The van der Waals surface area contributed by atoms with Crippen LogP contribution in [0.5, 0.6) is 0 Å². The first-order valence-electron chi connectivity index (χ1n) is 11.7. The molecular formula is C26H32N4O2S. The molecule has 2 heterocycles. The number of aromatic amines is 1. The second kappa shape index (κ2) is 11.4. The van der Waals surface area contributed by atoms with Gasteiger partial charge in [0.15, 0.2) is 5.11 Å². The lowest BCUT2D eigenvalue weighted by molar-refractivity contribution is 0.0367. The number of aromatic nitrogens is 1. The SMILES string of the molecule is CCc1ccc2[nH]c(=O)c(CN(CCCN3CCOCC3)C(=S)Nc3ccccc3)cc2c1. The van der Waals surface area contributed by atoms with E-state index < -0.39 is 0 Å². The van der Waals surface area contributed by atoms with Crippen LogP contribution in [0.25, 0.3) is 10.9 Å². The summed E-state index contributed by atoms with van der Waals surface area (Å²) in [6, 6.07) is 18.1. The molecule has 0 spiro atoms. The molecule has 0 aliphatic carbocycles. The molecule has 0 saturated carbocycles. The maximum atomic E-state index is 12.9. The average molecular weight is 465 g/mol. The number of hydrogen-bond acceptors (Lipinski definition) is 4. The molecule has 4 rings (SSSR count). The van der Waals surface area contributed by atoms with Crippen molar-refractivity contribution < 1.29 is 4.74 Å². The summed E-state index contributed by atoms with van der Waals surface area (Å²) >= 11 is 5.77. The Morgan fingerprint density at radius 3 is 2.70 bits per heavy atom. The normalized spacial score (nSPS) is 14.3. The number of nitrogens with zero attached hydrogens (tertiary/aromatic N) is 2. The Kier molecular flexibility index (Phi) is 8.10. The fourth-order valence-corrected chi connectivity index (χ4v) is 4.40. The molecule has 3 aromatic rings. The summed E-state index contributed by atoms with van der Waals surface area (Å²) in [4.78, 5) is 20.4. The summed E-state index contributed by atoms with van der Waals surface area (Å²) in [5, 5.41) is 5.02. The molecule has 0 unspecified atom stereocenters. The van der Waals surface area contributed by atoms with Crippen LogP contribution in [0.2, 0.25) is 0 Å². The Labute approximate surface area is 200 Å². The zero-order valence-electron chi connectivity index (χ0n) is 19.2. The van der Waals surface area contributed by atoms with Crippen molar-refractivity contribution in [2.75, 3.05) is 44.7 Å². The van der Waals surface area contributed by atoms with Crippen LogP contribution in [-0.4, -0.2) is 59.3 Å². The molecule has 33 heavy (non-hydrogen) atoms. The summed E-state index contributed by atoms with van der Waals surface area (Å²) in [5.41, 5.74) is 3.72. The second-order valence-corrected chi connectivity index (χ2v) is 8.81. The number of ether oxygens (including phenoxy) is 1. The quantitative estimate of drug-likeness (QED) is 0.491. The van der Waals surface area contributed by atoms with Gasteiger partial charge in [-0.2, -0.15) is 0 Å². The molecule has 1 aliphatic heterocycles. The Balaban J connectivity index is 1.51. The van der Waals surface area contributed by atoms with Gasteiger partial charge in [-0.15, -0.1) is 0 Å². The molecule has 0 radical (unpaired) electrons. The number of rotatable bonds is 8. The Morgan fingerprint density at radius 1 is 1.15 bits per heavy atom. The molecule has 1 aromatic heterocycles. The minimum atomic E-state index is -0.0626. The van der Waals surface area contributed by atoms with Crippen LogP contribution in [-0.2, 0) is 17.7 Å². The van der Waals surface area contributed by atoms with Gasteiger partial charge in [-0.3, -0.25) is 9.69 Å². The highest BCUT2D eigenvalue weighted by Crippen LogP contribution is 2.16. The smallest absolute Gasteiger partial charge is 0.253 e. The first kappa shape index (κ1) is 23.4. The number of benzene rings is 2. The van der Waals surface area contributed by atoms with Gasteiger partial charge in [-0.1, -0.05) is 31.2 Å². The monoisotopic (exact) mass is 464 g/mol. The lowest BCUT2D eigenvalue weighted by atomic mass is 10.1. The third kappa shape index (κ3) is 6.41. The number of H-pyrrole nitrogens is 1. The van der Waals surface area contributed by atoms with E-state index in [1.54, 1.807) is 0 Å². The van der Waals surface area contributed by atoms with Gasteiger partial charge < -0.3 is 19.9 Å². The molecule has 1 fully saturated rings. The first-order valence-corrected chi connectivity index (χ1v) is 12.1. The van der Waals surface area contributed by atoms with Crippen LogP contribution < -0.4 is 10.9 Å². The third-order valence-corrected chi connectivity index (χ3v) is 6.43. The number of nitrogens with one attached hydrogen (secondary N) is 2. The van der Waals surface area contributed by atoms with Gasteiger partial charge in [0.1, 0.15) is 0 Å². The topological polar surface area (TPSA) is 60.6 Å². The van der Waals surface area contributed by atoms with Crippen molar-refractivity contribution in [3.8, 4) is 0 Å². The molecule has 0 bridgehead atoms. The highest BCUT2D eigenvalue weighted by Gasteiger charge is 2.16. The number of morpholine rings is 1. The first-order chi connectivity index (χ1) is 16.1. The van der Waals surface area contributed by atoms with E-state index in [4.69, 9.17) is 17.0 Å². The van der Waals surface area contributed by atoms with Crippen LogP contribution >= 0.6 is 12.2 Å². The zero-order chi connectivity index (χ0) is 23.0. The highest BCUT2D eigenvalue weighted by molar-refractivity contribution is 7.80. The minimum absolute atomic E-state index is 0.0626. The summed E-state index contributed by atoms with van der Waals surface area (Å²) < 4.78 is 5.45. The number of aryl methyl sites for hydroxylation is 1. The molecule has 6 nitrogen and oxygen atoms in total. The van der Waals surface area contributed by atoms with Gasteiger partial charge in [0.2, 0.25) is 0 Å². The van der Waals surface area contributed by atoms with Crippen LogP contribution in [0.1, 0.15) is 24.5 Å². The van der Waals surface area contributed by atoms with Crippen LogP contribution in [0, 0.1) is 0 Å². The fourth-order valence-electron chi connectivity index (χ4n) is 4.13. The van der Waals surface area contributed by atoms with Gasteiger partial charge in [0.25, 0.3) is 5.56 Å². The van der Waals surface area contributed by atoms with Gasteiger partial charge in [-0.25, -0.2) is 0 Å². The van der Waals surface area contributed by atoms with Gasteiger partial charge >= 0.3 is 0 Å². The lowest BCUT2D eigenvalue weighted by Gasteiger charge is -2.29. The van der Waals surface area contributed by atoms with Crippen molar-refractivity contribution in [2.45, 2.75) is 26.3 Å². The molecule has 174 valence electrons. The number of anilines is 1. The summed E-state index contributed by atoms with van der Waals surface area (Å²) in [6.07, 6.45) is 1.92. The zero-order valence-corrected chi connectivity index (χ0v) is 20.0. The van der Waals surface area contributed by atoms with Crippen molar-refractivity contribution in [3.63, 3.8) is 0 Å². The molecule has 7 heteroatoms. The van der Waals surface area contributed by atoms with Crippen molar-refractivity contribution >= 4 is 33.9 Å². The molecule has 1 aliphatic rings. The number of fused-ring (bicyclic) bond motifs is 1. The predicted octanol–water partition coefficient (Wildman–Crippen LogP) is 4.01. The summed E-state index contributed by atoms with van der Waals surface area (Å²) in [5.74, 6) is 0. The standard InChI is InChI=1S/C26H32N4O2S/c1-2-20-9-10-24-21(17-20)18-22(25(31)28-24)19-30(12-6-11-29-13-15-32-16-14-29)26(33)27-23-7-4-3-5-8-23/h3-5,7-10,17-18H,2,6,11-16,19H2,1H3,(H,27,33)(H,28,31). The van der Waals surface area contributed by atoms with Crippen molar-refractivity contribution in [1.82, 2.24) is 14.8 Å². The van der Waals surface area contributed by atoms with E-state index in [-0.39, 0.29) is 5.56 Å². The lowest BCUT2D eigenvalue weighted by Crippen LogP contribution is -2.40. The van der Waals surface area contributed by atoms with E-state index in [9.17, 15) is 4.79 Å². The second-order valence-electron chi connectivity index (χ2n) is 8.42. The number of para-hydroxylation sites is 1. The molecule has 2 aromatic carbocycles. The molecular weight excluding hydrogens is 432 g/mol. The summed E-state index contributed by atoms with van der Waals surface area (Å²) in [7, 11) is 0. The molecule has 0 amide bonds. The predicted molar refractivity (Wildman–Crippen MR) is 139 cm³/mol. The summed E-state index contributed by atoms with van der Waals surface area (Å²) in [6.45, 7) is 7.88. The van der Waals surface area contributed by atoms with E-state index in [1.165, 1.54) is 5.56 Å². The maximum absolute atomic E-state index is 12.9. The van der Waals surface area contributed by atoms with Crippen molar-refractivity contribution in [1.29, 1.82) is 0 Å². The van der Waals surface area contributed by atoms with Gasteiger partial charge in [-0.05, 0) is 66.3 Å². The minimum Gasteiger partial charge on any atom is -0.379 e. The Morgan fingerprint density at radius 2 is 1.94 bits per heavy atom. The van der Waals surface area contributed by atoms with Gasteiger partial charge in [0.05, 0.1) is 19.8 Å². The fraction of sp³-hybridized carbons (Fsp3) is 0.385. The van der Waals surface area contributed by atoms with E-state index in [1.807, 2.05) is 42.5 Å². The highest BCUT2D eigenvalue weighted by atomic mass is 32.1. The number of pyridine rings is 1. The van der Waals surface area contributed by atoms with E-state index in [0.717, 1.165) is 74.4 Å². The van der Waals surface area contributed by atoms with Crippen molar-refractivity contribution in [3.05, 3.63) is 76.1 Å². The average Bonchev–Trinajstić information content (AvgIpc) is 2.84.